The molecule has 0 atom stereocenters. The second-order valence-electron chi connectivity index (χ2n) is 2.59. The number of methoxy groups -OCH3 is 1. The first kappa shape index (κ1) is 10.8. The number of benzene rings is 1. The number of halogens is 5. The second kappa shape index (κ2) is 3.47. The molecule has 78 valence electrons. The van der Waals surface area contributed by atoms with E-state index in [-0.39, 0.29) is 12.1 Å². The topological polar surface area (TPSA) is 9.23 Å². The van der Waals surface area contributed by atoms with Crippen LogP contribution in [0.3, 0.4) is 0 Å². The van der Waals surface area contributed by atoms with E-state index < -0.39 is 29.8 Å². The van der Waals surface area contributed by atoms with Gasteiger partial charge in [-0.2, -0.15) is 0 Å². The molecule has 7 heteroatoms. The van der Waals surface area contributed by atoms with Crippen molar-refractivity contribution >= 4 is 12.4 Å². The predicted molar refractivity (Wildman–Crippen MR) is 41.6 cm³/mol. The molecule has 0 N–H and O–H groups in total. The van der Waals surface area contributed by atoms with E-state index in [0.717, 1.165) is 7.11 Å². The predicted octanol–water partition coefficient (Wildman–Crippen LogP) is 2.03. The average Bonchev–Trinajstić information content (AvgIpc) is 2.01. The average molecular weight is 211 g/mol. The molecule has 1 aromatic carbocycles. The lowest BCUT2D eigenvalue weighted by molar-refractivity contribution is 0.360. The van der Waals surface area contributed by atoms with E-state index in [1.54, 1.807) is 0 Å². The highest BCUT2D eigenvalue weighted by atomic mass is 19.4. The van der Waals surface area contributed by atoms with Crippen molar-refractivity contribution < 1.29 is 26.5 Å². The minimum atomic E-state index is -5.40. The van der Waals surface area contributed by atoms with Crippen molar-refractivity contribution in [1.82, 2.24) is 0 Å². The van der Waals surface area contributed by atoms with Crippen LogP contribution < -0.4 is 10.2 Å². The fraction of sp³-hybridized carbons (Fsp3) is 0.143. The molecule has 0 aromatic heterocycles. The summed E-state index contributed by atoms with van der Waals surface area (Å²) in [6.07, 6.45) is 0. The van der Waals surface area contributed by atoms with Crippen molar-refractivity contribution in [2.24, 2.45) is 0 Å². The summed E-state index contributed by atoms with van der Waals surface area (Å²) in [5, 5.41) is 0. The van der Waals surface area contributed by atoms with Crippen LogP contribution in [0.1, 0.15) is 0 Å². The van der Waals surface area contributed by atoms with Crippen LogP contribution in [-0.2, 0) is 0 Å². The molecular formula is C7H5BF5O-. The minimum Gasteiger partial charge on any atom is -0.491 e. The van der Waals surface area contributed by atoms with Crippen LogP contribution in [-0.4, -0.2) is 14.1 Å². The Morgan fingerprint density at radius 1 is 1.07 bits per heavy atom. The molecule has 0 fully saturated rings. The Kier molecular flexibility index (Phi) is 2.68. The largest absolute Gasteiger partial charge is 0.509 e. The zero-order valence-corrected chi connectivity index (χ0v) is 7.03. The molecule has 0 radical (unpaired) electrons. The van der Waals surface area contributed by atoms with Gasteiger partial charge in [0.25, 0.3) is 0 Å². The van der Waals surface area contributed by atoms with E-state index in [4.69, 9.17) is 0 Å². The Balaban J connectivity index is 3.28. The minimum absolute atomic E-state index is 0.210. The molecule has 14 heavy (non-hydrogen) atoms. The summed E-state index contributed by atoms with van der Waals surface area (Å²) in [6, 6.07) is 0.420. The van der Waals surface area contributed by atoms with Crippen molar-refractivity contribution in [1.29, 1.82) is 0 Å². The first-order valence-corrected chi connectivity index (χ1v) is 3.59. The van der Waals surface area contributed by atoms with E-state index >= 15 is 0 Å². The van der Waals surface area contributed by atoms with E-state index in [1.807, 2.05) is 0 Å². The monoisotopic (exact) mass is 211 g/mol. The molecule has 1 nitrogen and oxygen atoms in total. The zero-order valence-electron chi connectivity index (χ0n) is 7.03. The Hall–Kier alpha value is -1.27. The van der Waals surface area contributed by atoms with Gasteiger partial charge in [0.05, 0.1) is 7.11 Å². The molecule has 0 aliphatic heterocycles. The van der Waals surface area contributed by atoms with Crippen molar-refractivity contribution in [2.75, 3.05) is 7.11 Å². The SMILES string of the molecule is COc1c(F)cc([B-](F)(F)F)cc1F. The van der Waals surface area contributed by atoms with Crippen molar-refractivity contribution in [3.8, 4) is 5.75 Å². The molecule has 0 amide bonds. The van der Waals surface area contributed by atoms with Gasteiger partial charge in [0.15, 0.2) is 17.4 Å². The van der Waals surface area contributed by atoms with E-state index in [2.05, 4.69) is 4.74 Å². The third-order valence-corrected chi connectivity index (χ3v) is 1.60. The molecule has 0 aliphatic carbocycles. The Bertz CT molecular complexity index is 325. The smallest absolute Gasteiger partial charge is 0.491 e. The van der Waals surface area contributed by atoms with Gasteiger partial charge in [-0.25, -0.2) is 8.78 Å². The highest BCUT2D eigenvalue weighted by Crippen LogP contribution is 2.21. The number of ether oxygens (including phenoxy) is 1. The molecule has 1 rings (SSSR count). The van der Waals surface area contributed by atoms with Crippen LogP contribution in [0.25, 0.3) is 0 Å². The summed E-state index contributed by atoms with van der Waals surface area (Å²) in [5.74, 6) is -3.53. The van der Waals surface area contributed by atoms with Gasteiger partial charge >= 0.3 is 6.98 Å². The van der Waals surface area contributed by atoms with Gasteiger partial charge in [0, 0.05) is 0 Å². The number of hydrogen-bond acceptors (Lipinski definition) is 1. The molecule has 0 saturated carbocycles. The van der Waals surface area contributed by atoms with Crippen molar-refractivity contribution in [2.45, 2.75) is 0 Å². The van der Waals surface area contributed by atoms with Gasteiger partial charge in [0.1, 0.15) is 0 Å². The van der Waals surface area contributed by atoms with Gasteiger partial charge in [-0.15, -0.1) is 5.46 Å². The third-order valence-electron chi connectivity index (χ3n) is 1.60. The van der Waals surface area contributed by atoms with E-state index in [1.165, 1.54) is 0 Å². The lowest BCUT2D eigenvalue weighted by atomic mass is 9.80. The quantitative estimate of drug-likeness (QED) is 0.537. The highest BCUT2D eigenvalue weighted by Gasteiger charge is 2.28. The molecule has 0 spiro atoms. The fourth-order valence-corrected chi connectivity index (χ4v) is 0.963. The normalized spacial score (nSPS) is 11.6. The first-order valence-electron chi connectivity index (χ1n) is 3.59. The van der Waals surface area contributed by atoms with Crippen LogP contribution in [0.4, 0.5) is 21.7 Å². The van der Waals surface area contributed by atoms with Crippen LogP contribution in [0.2, 0.25) is 0 Å². The fourth-order valence-electron chi connectivity index (χ4n) is 0.963. The highest BCUT2D eigenvalue weighted by molar-refractivity contribution is 6.73. The summed E-state index contributed by atoms with van der Waals surface area (Å²) >= 11 is 0. The molecule has 0 heterocycles. The summed E-state index contributed by atoms with van der Waals surface area (Å²) in [7, 11) is 0.972. The third kappa shape index (κ3) is 1.97. The lowest BCUT2D eigenvalue weighted by Crippen LogP contribution is -2.34. The molecule has 1 aromatic rings. The van der Waals surface area contributed by atoms with E-state index in [0.29, 0.717) is 0 Å². The van der Waals surface area contributed by atoms with Gasteiger partial charge in [-0.1, -0.05) is 0 Å². The summed E-state index contributed by atoms with van der Waals surface area (Å²) in [5.41, 5.74) is -1.32. The number of hydrogen-bond donors (Lipinski definition) is 0. The standard InChI is InChI=1S/C7H5BF5O/c1-14-7-5(9)2-4(3-6(7)10)8(11,12)13/h2-3H,1H3/q-1. The van der Waals surface area contributed by atoms with Gasteiger partial charge < -0.3 is 17.7 Å². The maximum Gasteiger partial charge on any atom is 0.509 e. The Labute approximate surface area is 76.5 Å². The molecule has 0 unspecified atom stereocenters. The van der Waals surface area contributed by atoms with E-state index in [9.17, 15) is 21.7 Å². The molecule has 0 bridgehead atoms. The summed E-state index contributed by atoms with van der Waals surface area (Å²) in [4.78, 5) is 0. The van der Waals surface area contributed by atoms with Gasteiger partial charge in [-0.3, -0.25) is 0 Å². The maximum atomic E-state index is 12.8. The Morgan fingerprint density at radius 2 is 1.50 bits per heavy atom. The van der Waals surface area contributed by atoms with Gasteiger partial charge in [-0.05, 0) is 12.1 Å². The van der Waals surface area contributed by atoms with Crippen LogP contribution in [0.15, 0.2) is 12.1 Å². The van der Waals surface area contributed by atoms with Crippen LogP contribution in [0.5, 0.6) is 5.75 Å². The first-order chi connectivity index (χ1) is 6.36. The molecular weight excluding hydrogens is 206 g/mol. The molecule has 0 saturated heterocycles. The number of rotatable bonds is 2. The van der Waals surface area contributed by atoms with Gasteiger partial charge in [0.2, 0.25) is 0 Å². The lowest BCUT2D eigenvalue weighted by Gasteiger charge is -2.15. The second-order valence-corrected chi connectivity index (χ2v) is 2.59. The van der Waals surface area contributed by atoms with Crippen LogP contribution in [0, 0.1) is 11.6 Å². The Morgan fingerprint density at radius 3 is 1.79 bits per heavy atom. The molecule has 0 aliphatic rings. The van der Waals surface area contributed by atoms with Crippen molar-refractivity contribution in [3.05, 3.63) is 23.8 Å². The zero-order chi connectivity index (χ0) is 10.9. The summed E-state index contributed by atoms with van der Waals surface area (Å²) < 4.78 is 66.0. The van der Waals surface area contributed by atoms with Crippen LogP contribution >= 0.6 is 0 Å². The summed E-state index contributed by atoms with van der Waals surface area (Å²) in [6.45, 7) is -5.40. The van der Waals surface area contributed by atoms with Crippen molar-refractivity contribution in [3.63, 3.8) is 0 Å². The maximum absolute atomic E-state index is 12.8.